The Labute approximate surface area is 148 Å². The Morgan fingerprint density at radius 3 is 2.60 bits per heavy atom. The second kappa shape index (κ2) is 6.12. The molecule has 2 unspecified atom stereocenters. The van der Waals surface area contributed by atoms with Crippen LogP contribution in [-0.2, 0) is 14.8 Å². The van der Waals surface area contributed by atoms with E-state index in [1.807, 2.05) is 0 Å². The lowest BCUT2D eigenvalue weighted by Gasteiger charge is -2.39. The predicted molar refractivity (Wildman–Crippen MR) is 93.4 cm³/mol. The number of rotatable bonds is 3. The fourth-order valence-electron chi connectivity index (χ4n) is 4.25. The maximum atomic E-state index is 12.5. The van der Waals surface area contributed by atoms with Crippen LogP contribution >= 0.6 is 0 Å². The molecular formula is C18H24N2O4S. The van der Waals surface area contributed by atoms with Crippen molar-refractivity contribution in [1.29, 1.82) is 0 Å². The van der Waals surface area contributed by atoms with Crippen LogP contribution in [0.4, 0.5) is 0 Å². The zero-order valence-electron chi connectivity index (χ0n) is 14.8. The molecule has 7 heteroatoms. The highest BCUT2D eigenvalue weighted by atomic mass is 32.2. The van der Waals surface area contributed by atoms with Crippen molar-refractivity contribution in [3.63, 3.8) is 0 Å². The van der Waals surface area contributed by atoms with Crippen LogP contribution in [-0.4, -0.2) is 37.1 Å². The second-order valence-electron chi connectivity index (χ2n) is 7.99. The van der Waals surface area contributed by atoms with Gasteiger partial charge in [-0.2, -0.15) is 0 Å². The van der Waals surface area contributed by atoms with E-state index in [-0.39, 0.29) is 21.9 Å². The minimum absolute atomic E-state index is 0.00837. The quantitative estimate of drug-likeness (QED) is 0.891. The van der Waals surface area contributed by atoms with E-state index in [1.165, 1.54) is 12.1 Å². The van der Waals surface area contributed by atoms with Crippen LogP contribution in [0, 0.1) is 11.3 Å². The number of nitrogens with zero attached hydrogens (tertiary/aromatic N) is 1. The van der Waals surface area contributed by atoms with Gasteiger partial charge < -0.3 is 5.32 Å². The highest BCUT2D eigenvalue weighted by Crippen LogP contribution is 2.38. The molecular weight excluding hydrogens is 340 g/mol. The van der Waals surface area contributed by atoms with E-state index in [4.69, 9.17) is 0 Å². The molecule has 0 bridgehead atoms. The summed E-state index contributed by atoms with van der Waals surface area (Å²) < 4.78 is 25.7. The molecule has 3 rings (SSSR count). The minimum atomic E-state index is -3.94. The third kappa shape index (κ3) is 3.42. The maximum Gasteiger partial charge on any atom is 0.269 e. The van der Waals surface area contributed by atoms with Gasteiger partial charge in [-0.05, 0) is 42.7 Å². The number of hydrogen-bond donors (Lipinski definition) is 1. The molecule has 6 nitrogen and oxygen atoms in total. The van der Waals surface area contributed by atoms with Crippen molar-refractivity contribution in [2.75, 3.05) is 6.54 Å². The first kappa shape index (κ1) is 17.9. The molecule has 1 aromatic rings. The normalized spacial score (nSPS) is 27.0. The van der Waals surface area contributed by atoms with Crippen LogP contribution in [0.2, 0.25) is 0 Å². The summed E-state index contributed by atoms with van der Waals surface area (Å²) in [4.78, 5) is 24.7. The average Bonchev–Trinajstić information content (AvgIpc) is 2.67. The van der Waals surface area contributed by atoms with E-state index in [1.54, 1.807) is 12.1 Å². The molecule has 1 fully saturated rings. The topological polar surface area (TPSA) is 83.6 Å². The summed E-state index contributed by atoms with van der Waals surface area (Å²) in [6, 6.07) is 6.05. The Morgan fingerprint density at radius 2 is 1.96 bits per heavy atom. The van der Waals surface area contributed by atoms with Crippen molar-refractivity contribution in [2.24, 2.45) is 11.3 Å². The highest BCUT2D eigenvalue weighted by Gasteiger charge is 2.42. The van der Waals surface area contributed by atoms with Gasteiger partial charge in [0.25, 0.3) is 15.9 Å². The van der Waals surface area contributed by atoms with E-state index in [9.17, 15) is 18.0 Å². The molecule has 2 amide bonds. The van der Waals surface area contributed by atoms with Crippen LogP contribution in [0.15, 0.2) is 29.2 Å². The fraction of sp³-hybridized carbons (Fsp3) is 0.556. The maximum absolute atomic E-state index is 12.5. The van der Waals surface area contributed by atoms with Gasteiger partial charge in [0.15, 0.2) is 0 Å². The lowest BCUT2D eigenvalue weighted by atomic mass is 9.70. The van der Waals surface area contributed by atoms with Crippen LogP contribution in [0.5, 0.6) is 0 Å². The van der Waals surface area contributed by atoms with Crippen molar-refractivity contribution in [3.8, 4) is 0 Å². The molecule has 1 heterocycles. The lowest BCUT2D eigenvalue weighted by molar-refractivity contribution is -0.122. The molecule has 0 aromatic heterocycles. The molecule has 1 aliphatic heterocycles. The summed E-state index contributed by atoms with van der Waals surface area (Å²) >= 11 is 0. The number of carbonyl (C=O) groups is 2. The van der Waals surface area contributed by atoms with E-state index < -0.39 is 28.4 Å². The Hall–Kier alpha value is -1.89. The van der Waals surface area contributed by atoms with E-state index in [0.717, 1.165) is 19.3 Å². The number of carbonyl (C=O) groups excluding carboxylic acids is 2. The van der Waals surface area contributed by atoms with Crippen LogP contribution in [0.3, 0.4) is 0 Å². The Morgan fingerprint density at radius 1 is 1.28 bits per heavy atom. The van der Waals surface area contributed by atoms with Gasteiger partial charge in [0, 0.05) is 6.04 Å². The van der Waals surface area contributed by atoms with Gasteiger partial charge >= 0.3 is 0 Å². The molecule has 0 radical (unpaired) electrons. The lowest BCUT2D eigenvalue weighted by Crippen LogP contribution is -2.47. The first-order valence-electron chi connectivity index (χ1n) is 8.56. The SMILES string of the molecule is CC1CC(NC(=O)CN2C(=O)c3ccccc3S2(=O)=O)CC(C)(C)C1. The molecule has 1 N–H and O–H groups in total. The first-order valence-corrected chi connectivity index (χ1v) is 10.00. The fourth-order valence-corrected chi connectivity index (χ4v) is 5.77. The van der Waals surface area contributed by atoms with Gasteiger partial charge in [-0.1, -0.05) is 32.9 Å². The second-order valence-corrected chi connectivity index (χ2v) is 9.82. The molecule has 2 aliphatic rings. The Bertz CT molecular complexity index is 816. The highest BCUT2D eigenvalue weighted by molar-refractivity contribution is 7.90. The molecule has 1 saturated carbocycles. The third-order valence-corrected chi connectivity index (χ3v) is 6.74. The number of amides is 2. The predicted octanol–water partition coefficient (Wildman–Crippen LogP) is 2.16. The average molecular weight is 364 g/mol. The van der Waals surface area contributed by atoms with Gasteiger partial charge in [0.2, 0.25) is 5.91 Å². The van der Waals surface area contributed by atoms with E-state index >= 15 is 0 Å². The number of nitrogens with one attached hydrogen (secondary N) is 1. The molecule has 0 spiro atoms. The van der Waals surface area contributed by atoms with Crippen molar-refractivity contribution in [2.45, 2.75) is 51.0 Å². The Balaban J connectivity index is 1.71. The first-order chi connectivity index (χ1) is 11.6. The summed E-state index contributed by atoms with van der Waals surface area (Å²) in [7, 11) is -3.94. The number of benzene rings is 1. The summed E-state index contributed by atoms with van der Waals surface area (Å²) in [5.41, 5.74) is 0.268. The summed E-state index contributed by atoms with van der Waals surface area (Å²) in [6.45, 7) is 6.03. The molecule has 0 saturated heterocycles. The Kier molecular flexibility index (Phi) is 4.39. The van der Waals surface area contributed by atoms with Crippen molar-refractivity contribution < 1.29 is 18.0 Å². The third-order valence-electron chi connectivity index (χ3n) is 4.95. The minimum Gasteiger partial charge on any atom is -0.352 e. The van der Waals surface area contributed by atoms with Gasteiger partial charge in [-0.3, -0.25) is 9.59 Å². The van der Waals surface area contributed by atoms with Crippen molar-refractivity contribution >= 4 is 21.8 Å². The molecule has 1 aliphatic carbocycles. The van der Waals surface area contributed by atoms with Crippen molar-refractivity contribution in [3.05, 3.63) is 29.8 Å². The zero-order chi connectivity index (χ0) is 18.4. The number of hydrogen-bond acceptors (Lipinski definition) is 4. The monoisotopic (exact) mass is 364 g/mol. The number of sulfonamides is 1. The summed E-state index contributed by atoms with van der Waals surface area (Å²) in [6.07, 6.45) is 2.83. The molecule has 1 aromatic carbocycles. The summed E-state index contributed by atoms with van der Waals surface area (Å²) in [5, 5.41) is 2.92. The van der Waals surface area contributed by atoms with Crippen LogP contribution in [0.1, 0.15) is 50.4 Å². The van der Waals surface area contributed by atoms with Gasteiger partial charge in [-0.15, -0.1) is 0 Å². The van der Waals surface area contributed by atoms with Gasteiger partial charge in [0.1, 0.15) is 11.4 Å². The van der Waals surface area contributed by atoms with Gasteiger partial charge in [0.05, 0.1) is 5.56 Å². The van der Waals surface area contributed by atoms with Crippen LogP contribution < -0.4 is 5.32 Å². The van der Waals surface area contributed by atoms with E-state index in [2.05, 4.69) is 26.1 Å². The van der Waals surface area contributed by atoms with Crippen LogP contribution in [0.25, 0.3) is 0 Å². The smallest absolute Gasteiger partial charge is 0.269 e. The standard InChI is InChI=1S/C18H24N2O4S/c1-12-8-13(10-18(2,3)9-12)19-16(21)11-20-17(22)14-6-4-5-7-15(14)25(20,23)24/h4-7,12-13H,8-11H2,1-3H3,(H,19,21). The molecule has 136 valence electrons. The van der Waals surface area contributed by atoms with E-state index in [0.29, 0.717) is 10.2 Å². The summed E-state index contributed by atoms with van der Waals surface area (Å²) in [5.74, 6) is -0.571. The largest absolute Gasteiger partial charge is 0.352 e. The van der Waals surface area contributed by atoms with Crippen molar-refractivity contribution in [1.82, 2.24) is 9.62 Å². The zero-order valence-corrected chi connectivity index (χ0v) is 15.6. The van der Waals surface area contributed by atoms with Gasteiger partial charge in [-0.25, -0.2) is 12.7 Å². The number of fused-ring (bicyclic) bond motifs is 1. The molecule has 25 heavy (non-hydrogen) atoms. The molecule has 2 atom stereocenters.